The van der Waals surface area contributed by atoms with Crippen LogP contribution in [0.2, 0.25) is 0 Å². The van der Waals surface area contributed by atoms with E-state index in [1.807, 2.05) is 53.8 Å². The normalized spacial score (nSPS) is 13.6. The summed E-state index contributed by atoms with van der Waals surface area (Å²) >= 11 is 0. The van der Waals surface area contributed by atoms with E-state index in [1.165, 1.54) is 5.56 Å². The summed E-state index contributed by atoms with van der Waals surface area (Å²) in [5.41, 5.74) is 5.27. The first-order valence-corrected chi connectivity index (χ1v) is 7.62. The minimum atomic E-state index is 0.0983. The van der Waals surface area contributed by atoms with Gasteiger partial charge in [0.1, 0.15) is 5.69 Å². The average molecular weight is 290 g/mol. The lowest BCUT2D eigenvalue weighted by Gasteiger charge is -2.18. The number of aryl methyl sites for hydroxylation is 2. The number of carbonyl (C=O) groups excluding carboxylic acids is 1. The summed E-state index contributed by atoms with van der Waals surface area (Å²) in [6, 6.07) is 16.4. The Morgan fingerprint density at radius 1 is 1.05 bits per heavy atom. The fourth-order valence-corrected chi connectivity index (χ4v) is 3.56. The van der Waals surface area contributed by atoms with Crippen LogP contribution in [0.1, 0.15) is 21.6 Å². The molecule has 110 valence electrons. The molecule has 0 aliphatic carbocycles. The Morgan fingerprint density at radius 2 is 1.77 bits per heavy atom. The van der Waals surface area contributed by atoms with Crippen molar-refractivity contribution in [3.8, 4) is 0 Å². The van der Waals surface area contributed by atoms with Crippen molar-refractivity contribution in [1.82, 2.24) is 4.57 Å². The zero-order chi connectivity index (χ0) is 15.3. The van der Waals surface area contributed by atoms with Gasteiger partial charge in [-0.3, -0.25) is 4.79 Å². The maximum absolute atomic E-state index is 13.1. The molecule has 1 amide bonds. The van der Waals surface area contributed by atoms with Gasteiger partial charge < -0.3 is 9.47 Å². The highest BCUT2D eigenvalue weighted by atomic mass is 16.2. The van der Waals surface area contributed by atoms with Gasteiger partial charge in [-0.2, -0.15) is 0 Å². The number of hydrogen-bond donors (Lipinski definition) is 0. The zero-order valence-corrected chi connectivity index (χ0v) is 12.8. The predicted octanol–water partition coefficient (Wildman–Crippen LogP) is 3.69. The van der Waals surface area contributed by atoms with E-state index in [4.69, 9.17) is 0 Å². The molecule has 4 rings (SSSR count). The van der Waals surface area contributed by atoms with Crippen LogP contribution >= 0.6 is 0 Å². The molecular weight excluding hydrogens is 272 g/mol. The van der Waals surface area contributed by atoms with Gasteiger partial charge in [0, 0.05) is 30.2 Å². The molecule has 0 N–H and O–H groups in total. The Morgan fingerprint density at radius 3 is 2.59 bits per heavy atom. The topological polar surface area (TPSA) is 25.2 Å². The smallest absolute Gasteiger partial charge is 0.275 e. The first-order chi connectivity index (χ1) is 10.7. The quantitative estimate of drug-likeness (QED) is 0.671. The molecule has 0 saturated carbocycles. The van der Waals surface area contributed by atoms with E-state index in [1.54, 1.807) is 0 Å². The van der Waals surface area contributed by atoms with Crippen LogP contribution in [0.25, 0.3) is 10.9 Å². The van der Waals surface area contributed by atoms with Crippen molar-refractivity contribution in [3.05, 3.63) is 65.4 Å². The van der Waals surface area contributed by atoms with Gasteiger partial charge in [0.25, 0.3) is 5.91 Å². The third-order valence-corrected chi connectivity index (χ3v) is 4.69. The summed E-state index contributed by atoms with van der Waals surface area (Å²) in [5.74, 6) is 0.0983. The summed E-state index contributed by atoms with van der Waals surface area (Å²) < 4.78 is 2.02. The predicted molar refractivity (Wildman–Crippen MR) is 89.5 cm³/mol. The van der Waals surface area contributed by atoms with Gasteiger partial charge >= 0.3 is 0 Å². The number of nitrogens with zero attached hydrogens (tertiary/aromatic N) is 2. The molecule has 22 heavy (non-hydrogen) atoms. The Bertz CT molecular complexity index is 853. The second-order valence-corrected chi connectivity index (χ2v) is 5.89. The van der Waals surface area contributed by atoms with Gasteiger partial charge in [0.2, 0.25) is 0 Å². The number of rotatable bonds is 1. The summed E-state index contributed by atoms with van der Waals surface area (Å²) in [6.07, 6.45) is 0.935. The molecule has 2 aromatic carbocycles. The Balaban J connectivity index is 1.85. The Kier molecular flexibility index (Phi) is 2.83. The average Bonchev–Trinajstić information content (AvgIpc) is 3.08. The van der Waals surface area contributed by atoms with Crippen molar-refractivity contribution in [3.63, 3.8) is 0 Å². The molecule has 0 saturated heterocycles. The van der Waals surface area contributed by atoms with Crippen LogP contribution in [0.5, 0.6) is 0 Å². The van der Waals surface area contributed by atoms with E-state index in [0.29, 0.717) is 0 Å². The molecule has 0 bridgehead atoms. The molecule has 0 spiro atoms. The molecule has 3 aromatic rings. The molecule has 3 heteroatoms. The van der Waals surface area contributed by atoms with Crippen LogP contribution in [-0.4, -0.2) is 17.0 Å². The van der Waals surface area contributed by atoms with Crippen molar-refractivity contribution >= 4 is 22.5 Å². The largest absolute Gasteiger partial charge is 0.339 e. The molecule has 1 aliphatic heterocycles. The lowest BCUT2D eigenvalue weighted by Crippen LogP contribution is -2.31. The highest BCUT2D eigenvalue weighted by molar-refractivity contribution is 6.10. The van der Waals surface area contributed by atoms with Gasteiger partial charge in [-0.1, -0.05) is 36.4 Å². The molecule has 0 fully saturated rings. The van der Waals surface area contributed by atoms with Crippen LogP contribution in [0.4, 0.5) is 5.69 Å². The zero-order valence-electron chi connectivity index (χ0n) is 12.8. The number of aromatic nitrogens is 1. The number of benzene rings is 2. The Labute approximate surface area is 129 Å². The molecule has 1 aliphatic rings. The van der Waals surface area contributed by atoms with Gasteiger partial charge in [-0.25, -0.2) is 0 Å². The number of amides is 1. The number of anilines is 1. The van der Waals surface area contributed by atoms with Crippen molar-refractivity contribution < 1.29 is 4.79 Å². The molecule has 0 radical (unpaired) electrons. The second kappa shape index (κ2) is 4.73. The first-order valence-electron chi connectivity index (χ1n) is 7.62. The maximum Gasteiger partial charge on any atom is 0.275 e. The summed E-state index contributed by atoms with van der Waals surface area (Å²) in [5, 5.41) is 1.15. The van der Waals surface area contributed by atoms with Crippen molar-refractivity contribution in [2.45, 2.75) is 13.3 Å². The van der Waals surface area contributed by atoms with E-state index in [-0.39, 0.29) is 5.91 Å². The fourth-order valence-electron chi connectivity index (χ4n) is 3.56. The van der Waals surface area contributed by atoms with Gasteiger partial charge in [0.15, 0.2) is 0 Å². The lowest BCUT2D eigenvalue weighted by molar-refractivity contribution is 0.0981. The first kappa shape index (κ1) is 13.1. The van der Waals surface area contributed by atoms with Crippen molar-refractivity contribution in [2.75, 3.05) is 11.4 Å². The van der Waals surface area contributed by atoms with Gasteiger partial charge in [-0.05, 0) is 36.6 Å². The second-order valence-electron chi connectivity index (χ2n) is 5.89. The highest BCUT2D eigenvalue weighted by Gasteiger charge is 2.28. The summed E-state index contributed by atoms with van der Waals surface area (Å²) in [7, 11) is 1.98. The SMILES string of the molecule is Cc1c(C(=O)N2CCc3ccccc32)n(C)c2ccccc12. The third-order valence-electron chi connectivity index (χ3n) is 4.69. The van der Waals surface area contributed by atoms with E-state index < -0.39 is 0 Å². The maximum atomic E-state index is 13.1. The third kappa shape index (κ3) is 1.72. The Hall–Kier alpha value is -2.55. The van der Waals surface area contributed by atoms with Crippen LogP contribution in [-0.2, 0) is 13.5 Å². The van der Waals surface area contributed by atoms with Crippen LogP contribution in [0.3, 0.4) is 0 Å². The van der Waals surface area contributed by atoms with Crippen LogP contribution in [0, 0.1) is 6.92 Å². The van der Waals surface area contributed by atoms with E-state index >= 15 is 0 Å². The number of fused-ring (bicyclic) bond motifs is 2. The monoisotopic (exact) mass is 290 g/mol. The van der Waals surface area contributed by atoms with Crippen LogP contribution in [0.15, 0.2) is 48.5 Å². The molecule has 3 nitrogen and oxygen atoms in total. The highest BCUT2D eigenvalue weighted by Crippen LogP contribution is 2.31. The van der Waals surface area contributed by atoms with Crippen molar-refractivity contribution in [1.29, 1.82) is 0 Å². The number of carbonyl (C=O) groups is 1. The van der Waals surface area contributed by atoms with Crippen LogP contribution < -0.4 is 4.90 Å². The molecule has 0 unspecified atom stereocenters. The van der Waals surface area contributed by atoms with Gasteiger partial charge in [-0.15, -0.1) is 0 Å². The minimum Gasteiger partial charge on any atom is -0.339 e. The lowest BCUT2D eigenvalue weighted by atomic mass is 10.1. The molecule has 2 heterocycles. The molecular formula is C19H18N2O. The van der Waals surface area contributed by atoms with Gasteiger partial charge in [0.05, 0.1) is 0 Å². The minimum absolute atomic E-state index is 0.0983. The molecule has 0 atom stereocenters. The van der Waals surface area contributed by atoms with Crippen molar-refractivity contribution in [2.24, 2.45) is 7.05 Å². The molecule has 1 aromatic heterocycles. The summed E-state index contributed by atoms with van der Waals surface area (Å²) in [4.78, 5) is 15.0. The number of para-hydroxylation sites is 2. The number of hydrogen-bond acceptors (Lipinski definition) is 1. The standard InChI is InChI=1S/C19H18N2O/c1-13-15-8-4-6-10-17(15)20(2)18(13)19(22)21-12-11-14-7-3-5-9-16(14)21/h3-10H,11-12H2,1-2H3. The van der Waals surface area contributed by atoms with E-state index in [2.05, 4.69) is 18.2 Å². The van der Waals surface area contributed by atoms with E-state index in [0.717, 1.165) is 40.8 Å². The summed E-state index contributed by atoms with van der Waals surface area (Å²) in [6.45, 7) is 2.80. The fraction of sp³-hybridized carbons (Fsp3) is 0.211. The van der Waals surface area contributed by atoms with E-state index in [9.17, 15) is 4.79 Å².